The van der Waals surface area contributed by atoms with Crippen molar-refractivity contribution in [2.45, 2.75) is 31.0 Å². The molecule has 0 aromatic carbocycles. The number of rotatable bonds is 3. The van der Waals surface area contributed by atoms with Gasteiger partial charge < -0.3 is 5.11 Å². The molecule has 6 nitrogen and oxygen atoms in total. The Morgan fingerprint density at radius 3 is 2.37 bits per heavy atom. The molecule has 0 aliphatic rings. The highest BCUT2D eigenvalue weighted by Crippen LogP contribution is 2.27. The number of aromatic carboxylic acids is 1. The molecule has 7 heteroatoms. The second kappa shape index (κ2) is 5.31. The molecule has 0 aliphatic carbocycles. The first-order valence-electron chi connectivity index (χ1n) is 5.52. The van der Waals surface area contributed by atoms with E-state index in [2.05, 4.69) is 20.2 Å². The number of carbonyl (C=O) groups is 1. The van der Waals surface area contributed by atoms with E-state index in [-0.39, 0.29) is 5.56 Å². The molecule has 0 radical (unpaired) electrons. The minimum Gasteiger partial charge on any atom is -0.478 e. The van der Waals surface area contributed by atoms with Crippen LogP contribution >= 0.6 is 11.8 Å². The van der Waals surface area contributed by atoms with Crippen molar-refractivity contribution >= 4 is 17.7 Å². The van der Waals surface area contributed by atoms with E-state index in [0.717, 1.165) is 17.3 Å². The lowest BCUT2D eigenvalue weighted by molar-refractivity contribution is 0.0690. The van der Waals surface area contributed by atoms with E-state index in [1.54, 1.807) is 26.2 Å². The van der Waals surface area contributed by atoms with E-state index in [4.69, 9.17) is 0 Å². The molecule has 0 amide bonds. The molecule has 0 aliphatic heterocycles. The Morgan fingerprint density at radius 1 is 1.16 bits per heavy atom. The summed E-state index contributed by atoms with van der Waals surface area (Å²) in [5.74, 6) is -1.02. The highest BCUT2D eigenvalue weighted by Gasteiger charge is 2.19. The lowest BCUT2D eigenvalue weighted by atomic mass is 10.1. The van der Waals surface area contributed by atoms with Crippen LogP contribution in [0.25, 0.3) is 0 Å². The van der Waals surface area contributed by atoms with Crippen molar-refractivity contribution in [3.63, 3.8) is 0 Å². The van der Waals surface area contributed by atoms with Crippen LogP contribution in [0.15, 0.2) is 22.6 Å². The molecule has 0 unspecified atom stereocenters. The number of hydrogen-bond donors (Lipinski definition) is 1. The van der Waals surface area contributed by atoms with E-state index >= 15 is 0 Å². The van der Waals surface area contributed by atoms with Gasteiger partial charge in [0.2, 0.25) is 0 Å². The molecule has 0 atom stereocenters. The quantitative estimate of drug-likeness (QED) is 0.858. The fourth-order valence-corrected chi connectivity index (χ4v) is 2.24. The summed E-state index contributed by atoms with van der Waals surface area (Å²) >= 11 is 1.10. The Hall–Kier alpha value is -2.02. The molecular formula is C12H12N4O2S. The summed E-state index contributed by atoms with van der Waals surface area (Å²) in [5.41, 5.74) is 2.30. The Kier molecular flexibility index (Phi) is 3.75. The zero-order valence-electron chi connectivity index (χ0n) is 10.7. The third kappa shape index (κ3) is 2.87. The van der Waals surface area contributed by atoms with E-state index < -0.39 is 5.97 Å². The van der Waals surface area contributed by atoms with Gasteiger partial charge in [-0.1, -0.05) is 0 Å². The fraction of sp³-hybridized carbons (Fsp3) is 0.250. The molecule has 98 valence electrons. The fourth-order valence-electron chi connectivity index (χ4n) is 1.43. The monoisotopic (exact) mass is 276 g/mol. The minimum absolute atomic E-state index is 0.154. The van der Waals surface area contributed by atoms with Gasteiger partial charge in [-0.25, -0.2) is 14.8 Å². The molecule has 2 aromatic rings. The predicted molar refractivity (Wildman–Crippen MR) is 69.4 cm³/mol. The second-order valence-electron chi connectivity index (χ2n) is 4.04. The summed E-state index contributed by atoms with van der Waals surface area (Å²) < 4.78 is 0. The van der Waals surface area contributed by atoms with Gasteiger partial charge in [0.1, 0.15) is 5.03 Å². The lowest BCUT2D eigenvalue weighted by Crippen LogP contribution is -2.08. The Morgan fingerprint density at radius 2 is 1.79 bits per heavy atom. The number of carboxylic acids is 1. The summed E-state index contributed by atoms with van der Waals surface area (Å²) in [5, 5.41) is 17.9. The third-order valence-corrected chi connectivity index (χ3v) is 3.45. The number of carboxylic acid groups (broad SMARTS) is 1. The summed E-state index contributed by atoms with van der Waals surface area (Å²) in [4.78, 5) is 19.6. The summed E-state index contributed by atoms with van der Waals surface area (Å²) in [6.07, 6.45) is 3.34. The molecule has 2 aromatic heterocycles. The van der Waals surface area contributed by atoms with Crippen LogP contribution in [0.1, 0.15) is 27.2 Å². The Bertz CT molecular complexity index is 628. The van der Waals surface area contributed by atoms with Crippen LogP contribution in [0.4, 0.5) is 0 Å². The summed E-state index contributed by atoms with van der Waals surface area (Å²) in [7, 11) is 0. The zero-order valence-corrected chi connectivity index (χ0v) is 11.5. The number of nitrogens with zero attached hydrogens (tertiary/aromatic N) is 4. The highest BCUT2D eigenvalue weighted by molar-refractivity contribution is 7.99. The van der Waals surface area contributed by atoms with Crippen molar-refractivity contribution in [3.05, 3.63) is 34.8 Å². The Balaban J connectivity index is 2.42. The topological polar surface area (TPSA) is 88.9 Å². The van der Waals surface area contributed by atoms with Crippen molar-refractivity contribution in [1.29, 1.82) is 0 Å². The standard InChI is InChI=1S/C12H12N4O2S/c1-6-4-13-12(14-5-6)19-10-9(11(17)18)7(2)8(3)15-16-10/h4-5H,1-3H3,(H,17,18). The normalized spacial score (nSPS) is 10.5. The van der Waals surface area contributed by atoms with Crippen LogP contribution in [0.2, 0.25) is 0 Å². The number of aromatic nitrogens is 4. The number of hydrogen-bond acceptors (Lipinski definition) is 6. The molecule has 2 rings (SSSR count). The molecule has 19 heavy (non-hydrogen) atoms. The van der Waals surface area contributed by atoms with Gasteiger partial charge in [0.15, 0.2) is 5.16 Å². The second-order valence-corrected chi connectivity index (χ2v) is 5.00. The van der Waals surface area contributed by atoms with Crippen molar-refractivity contribution in [3.8, 4) is 0 Å². The van der Waals surface area contributed by atoms with Gasteiger partial charge in [0.25, 0.3) is 0 Å². The van der Waals surface area contributed by atoms with Crippen LogP contribution in [-0.2, 0) is 0 Å². The maximum absolute atomic E-state index is 11.3. The van der Waals surface area contributed by atoms with Crippen LogP contribution in [0.3, 0.4) is 0 Å². The van der Waals surface area contributed by atoms with Gasteiger partial charge >= 0.3 is 5.97 Å². The van der Waals surface area contributed by atoms with Crippen LogP contribution in [-0.4, -0.2) is 31.2 Å². The van der Waals surface area contributed by atoms with Crippen molar-refractivity contribution in [2.75, 3.05) is 0 Å². The summed E-state index contributed by atoms with van der Waals surface area (Å²) in [6, 6.07) is 0. The molecule has 0 fully saturated rings. The molecule has 2 heterocycles. The van der Waals surface area contributed by atoms with Gasteiger partial charge in [-0.2, -0.15) is 5.10 Å². The average Bonchev–Trinajstić information content (AvgIpc) is 2.36. The SMILES string of the molecule is Cc1cnc(Sc2nnc(C)c(C)c2C(=O)O)nc1. The molecule has 1 N–H and O–H groups in total. The summed E-state index contributed by atoms with van der Waals surface area (Å²) in [6.45, 7) is 5.33. The molecule has 0 saturated carbocycles. The maximum Gasteiger partial charge on any atom is 0.338 e. The lowest BCUT2D eigenvalue weighted by Gasteiger charge is -2.07. The van der Waals surface area contributed by atoms with E-state index in [1.807, 2.05) is 6.92 Å². The first-order valence-corrected chi connectivity index (χ1v) is 6.34. The van der Waals surface area contributed by atoms with Gasteiger partial charge in [-0.05, 0) is 43.7 Å². The molecule has 0 bridgehead atoms. The third-order valence-electron chi connectivity index (χ3n) is 2.58. The number of aryl methyl sites for hydroxylation is 2. The zero-order chi connectivity index (χ0) is 14.0. The largest absolute Gasteiger partial charge is 0.478 e. The van der Waals surface area contributed by atoms with Gasteiger partial charge in [0, 0.05) is 12.4 Å². The van der Waals surface area contributed by atoms with Crippen LogP contribution < -0.4 is 0 Å². The van der Waals surface area contributed by atoms with Gasteiger partial charge in [0.05, 0.1) is 11.3 Å². The van der Waals surface area contributed by atoms with E-state index in [1.165, 1.54) is 0 Å². The van der Waals surface area contributed by atoms with Crippen LogP contribution in [0.5, 0.6) is 0 Å². The minimum atomic E-state index is -1.02. The first-order chi connectivity index (χ1) is 8.99. The Labute approximate surface area is 114 Å². The first kappa shape index (κ1) is 13.4. The molecule has 0 spiro atoms. The van der Waals surface area contributed by atoms with Crippen molar-refractivity contribution < 1.29 is 9.90 Å². The smallest absolute Gasteiger partial charge is 0.338 e. The van der Waals surface area contributed by atoms with E-state index in [9.17, 15) is 9.90 Å². The van der Waals surface area contributed by atoms with E-state index in [0.29, 0.717) is 21.4 Å². The van der Waals surface area contributed by atoms with Crippen LogP contribution in [0, 0.1) is 20.8 Å². The van der Waals surface area contributed by atoms with Gasteiger partial charge in [-0.15, -0.1) is 5.10 Å². The van der Waals surface area contributed by atoms with Gasteiger partial charge in [-0.3, -0.25) is 0 Å². The molecule has 0 saturated heterocycles. The maximum atomic E-state index is 11.3. The highest BCUT2D eigenvalue weighted by atomic mass is 32.2. The molecular weight excluding hydrogens is 264 g/mol. The average molecular weight is 276 g/mol. The van der Waals surface area contributed by atoms with Crippen molar-refractivity contribution in [1.82, 2.24) is 20.2 Å². The van der Waals surface area contributed by atoms with Crippen molar-refractivity contribution in [2.24, 2.45) is 0 Å². The predicted octanol–water partition coefficient (Wildman–Crippen LogP) is 2.04.